The van der Waals surface area contributed by atoms with E-state index in [2.05, 4.69) is 5.10 Å². The first-order valence-corrected chi connectivity index (χ1v) is 8.95. The Labute approximate surface area is 158 Å². The monoisotopic (exact) mass is 419 g/mol. The highest BCUT2D eigenvalue weighted by Gasteiger charge is 2.17. The lowest BCUT2D eigenvalue weighted by Gasteiger charge is -2.07. The number of non-ortho nitro benzene ring substituents is 1. The number of hydrogen-bond donors (Lipinski definition) is 2. The highest BCUT2D eigenvalue weighted by molar-refractivity contribution is 7.89. The molecule has 0 spiro atoms. The van der Waals surface area contributed by atoms with E-state index in [0.717, 1.165) is 24.4 Å². The van der Waals surface area contributed by atoms with Crippen molar-refractivity contribution in [3.8, 4) is 11.5 Å². The molecule has 12 heteroatoms. The summed E-state index contributed by atoms with van der Waals surface area (Å²) in [5, 5.41) is 24.6. The molecule has 0 fully saturated rings. The number of halogens is 2. The van der Waals surface area contributed by atoms with Gasteiger partial charge in [-0.15, -0.1) is 0 Å². The summed E-state index contributed by atoms with van der Waals surface area (Å²) in [7, 11) is -2.85. The second kappa shape index (κ2) is 7.77. The fraction of sp³-hybridized carbons (Fsp3) is 0.0714. The zero-order valence-electron chi connectivity index (χ0n) is 13.0. The number of methoxy groups -OCH3 is 1. The van der Waals surface area contributed by atoms with Crippen LogP contribution < -0.4 is 9.57 Å². The van der Waals surface area contributed by atoms with Crippen LogP contribution in [0.2, 0.25) is 10.0 Å². The van der Waals surface area contributed by atoms with E-state index in [9.17, 15) is 23.6 Å². The summed E-state index contributed by atoms with van der Waals surface area (Å²) in [6.45, 7) is 0. The molecule has 26 heavy (non-hydrogen) atoms. The molecule has 0 aliphatic heterocycles. The van der Waals surface area contributed by atoms with Crippen molar-refractivity contribution in [3.05, 3.63) is 56.1 Å². The van der Waals surface area contributed by atoms with Crippen LogP contribution in [0.4, 0.5) is 5.69 Å². The van der Waals surface area contributed by atoms with E-state index in [0.29, 0.717) is 0 Å². The minimum atomic E-state index is -4.06. The SMILES string of the molecule is COc1cc([N+](=O)[O-])cc(/C=N/NS(=O)(=O)c2ccc(Cl)c(Cl)c2)c1O. The first kappa shape index (κ1) is 19.8. The van der Waals surface area contributed by atoms with E-state index in [-0.39, 0.29) is 31.9 Å². The molecule has 0 bridgehead atoms. The quantitative estimate of drug-likeness (QED) is 0.420. The van der Waals surface area contributed by atoms with Gasteiger partial charge in [0.1, 0.15) is 0 Å². The second-order valence-corrected chi connectivity index (χ2v) is 7.25. The number of aromatic hydroxyl groups is 1. The first-order valence-electron chi connectivity index (χ1n) is 6.71. The zero-order chi connectivity index (χ0) is 19.5. The third-order valence-corrected chi connectivity index (χ3v) is 5.06. The molecular weight excluding hydrogens is 409 g/mol. The summed E-state index contributed by atoms with van der Waals surface area (Å²) in [4.78, 5) is 11.9. The Bertz CT molecular complexity index is 994. The molecule has 0 amide bonds. The molecule has 0 aliphatic carbocycles. The fourth-order valence-electron chi connectivity index (χ4n) is 1.84. The van der Waals surface area contributed by atoms with Crippen LogP contribution in [-0.4, -0.2) is 31.8 Å². The Kier molecular flexibility index (Phi) is 5.90. The van der Waals surface area contributed by atoms with Gasteiger partial charge >= 0.3 is 0 Å². The molecule has 0 aliphatic rings. The molecule has 0 atom stereocenters. The Morgan fingerprint density at radius 1 is 1.27 bits per heavy atom. The zero-order valence-corrected chi connectivity index (χ0v) is 15.3. The third kappa shape index (κ3) is 4.34. The number of rotatable bonds is 6. The van der Waals surface area contributed by atoms with Crippen LogP contribution >= 0.6 is 23.2 Å². The van der Waals surface area contributed by atoms with Crippen LogP contribution in [-0.2, 0) is 10.0 Å². The summed E-state index contributed by atoms with van der Waals surface area (Å²) >= 11 is 11.5. The molecule has 138 valence electrons. The lowest BCUT2D eigenvalue weighted by molar-refractivity contribution is -0.385. The van der Waals surface area contributed by atoms with E-state index in [1.54, 1.807) is 0 Å². The smallest absolute Gasteiger partial charge is 0.276 e. The van der Waals surface area contributed by atoms with Gasteiger partial charge in [-0.2, -0.15) is 13.5 Å². The number of nitrogens with one attached hydrogen (secondary N) is 1. The molecule has 0 aromatic heterocycles. The standard InChI is InChI=1S/C14H11Cl2N3O6S/c1-25-13-5-9(19(21)22)4-8(14(13)20)7-17-18-26(23,24)10-2-3-11(15)12(16)6-10/h2-7,18,20H,1H3/b17-7+. The van der Waals surface area contributed by atoms with Gasteiger partial charge in [-0.3, -0.25) is 10.1 Å². The van der Waals surface area contributed by atoms with Gasteiger partial charge in [-0.1, -0.05) is 23.2 Å². The van der Waals surface area contributed by atoms with Crippen LogP contribution in [0.25, 0.3) is 0 Å². The van der Waals surface area contributed by atoms with Gasteiger partial charge in [0.15, 0.2) is 11.5 Å². The van der Waals surface area contributed by atoms with Gasteiger partial charge in [0.2, 0.25) is 0 Å². The summed E-state index contributed by atoms with van der Waals surface area (Å²) < 4.78 is 29.1. The van der Waals surface area contributed by atoms with E-state index in [4.69, 9.17) is 27.9 Å². The second-order valence-electron chi connectivity index (χ2n) is 4.77. The molecule has 0 saturated heterocycles. The topological polar surface area (TPSA) is 131 Å². The summed E-state index contributed by atoms with van der Waals surface area (Å²) in [6, 6.07) is 5.69. The number of benzene rings is 2. The normalized spacial score (nSPS) is 11.5. The van der Waals surface area contributed by atoms with Gasteiger partial charge in [-0.05, 0) is 18.2 Å². The Morgan fingerprint density at radius 2 is 1.96 bits per heavy atom. The van der Waals surface area contributed by atoms with Crippen LogP contribution in [0.3, 0.4) is 0 Å². The maximum atomic E-state index is 12.1. The minimum Gasteiger partial charge on any atom is -0.504 e. The van der Waals surface area contributed by atoms with E-state index in [1.807, 2.05) is 4.83 Å². The first-order chi connectivity index (χ1) is 12.2. The van der Waals surface area contributed by atoms with Crippen LogP contribution in [0.5, 0.6) is 11.5 Å². The number of nitrogens with zero attached hydrogens (tertiary/aromatic N) is 2. The van der Waals surface area contributed by atoms with Gasteiger partial charge < -0.3 is 9.84 Å². The maximum absolute atomic E-state index is 12.1. The molecule has 0 unspecified atom stereocenters. The number of nitro benzene ring substituents is 1. The van der Waals surface area contributed by atoms with E-state index >= 15 is 0 Å². The van der Waals surface area contributed by atoms with Crippen molar-refractivity contribution in [2.24, 2.45) is 5.10 Å². The predicted octanol–water partition coefficient (Wildman–Crippen LogP) is 2.93. The number of sulfonamides is 1. The van der Waals surface area contributed by atoms with Crippen molar-refractivity contribution >= 4 is 45.1 Å². The number of nitro groups is 1. The average molecular weight is 420 g/mol. The van der Waals surface area contributed by atoms with Gasteiger partial charge in [0, 0.05) is 11.6 Å². The number of phenolic OH excluding ortho intramolecular Hbond substituents is 1. The highest BCUT2D eigenvalue weighted by atomic mass is 35.5. The molecule has 0 saturated carbocycles. The molecule has 2 aromatic carbocycles. The largest absolute Gasteiger partial charge is 0.504 e. The number of phenols is 1. The predicted molar refractivity (Wildman–Crippen MR) is 95.7 cm³/mol. The number of hydrazone groups is 1. The van der Waals surface area contributed by atoms with Crippen LogP contribution in [0, 0.1) is 10.1 Å². The Morgan fingerprint density at radius 3 is 2.54 bits per heavy atom. The molecule has 9 nitrogen and oxygen atoms in total. The van der Waals surface area contributed by atoms with Crippen molar-refractivity contribution in [1.29, 1.82) is 0 Å². The maximum Gasteiger partial charge on any atom is 0.276 e. The van der Waals surface area contributed by atoms with Crippen LogP contribution in [0.15, 0.2) is 40.3 Å². The Balaban J connectivity index is 2.31. The molecule has 0 radical (unpaired) electrons. The van der Waals surface area contributed by atoms with Crippen molar-refractivity contribution in [3.63, 3.8) is 0 Å². The van der Waals surface area contributed by atoms with Gasteiger partial charge in [0.05, 0.1) is 39.3 Å². The lowest BCUT2D eigenvalue weighted by atomic mass is 10.2. The molecular formula is C14H11Cl2N3O6S. The molecule has 2 N–H and O–H groups in total. The summed E-state index contributed by atoms with van der Waals surface area (Å²) in [5.41, 5.74) is -0.485. The minimum absolute atomic E-state index is 0.0413. The van der Waals surface area contributed by atoms with E-state index < -0.39 is 20.7 Å². The summed E-state index contributed by atoms with van der Waals surface area (Å²) in [6.07, 6.45) is 0.903. The van der Waals surface area contributed by atoms with Crippen molar-refractivity contribution in [2.75, 3.05) is 7.11 Å². The summed E-state index contributed by atoms with van der Waals surface area (Å²) in [5.74, 6) is -0.594. The lowest BCUT2D eigenvalue weighted by Crippen LogP contribution is -2.18. The van der Waals surface area contributed by atoms with Crippen molar-refractivity contribution in [2.45, 2.75) is 4.90 Å². The molecule has 2 aromatic rings. The van der Waals surface area contributed by atoms with E-state index in [1.165, 1.54) is 19.2 Å². The number of hydrogen-bond acceptors (Lipinski definition) is 7. The van der Waals surface area contributed by atoms with Crippen molar-refractivity contribution < 1.29 is 23.2 Å². The van der Waals surface area contributed by atoms with Crippen molar-refractivity contribution in [1.82, 2.24) is 4.83 Å². The van der Waals surface area contributed by atoms with Crippen LogP contribution in [0.1, 0.15) is 5.56 Å². The third-order valence-electron chi connectivity index (χ3n) is 3.10. The average Bonchev–Trinajstić information content (AvgIpc) is 2.58. The highest BCUT2D eigenvalue weighted by Crippen LogP contribution is 2.33. The molecule has 0 heterocycles. The van der Waals surface area contributed by atoms with Gasteiger partial charge in [-0.25, -0.2) is 4.83 Å². The fourth-order valence-corrected chi connectivity index (χ4v) is 3.02. The number of ether oxygens (including phenoxy) is 1. The molecule has 2 rings (SSSR count). The Hall–Kier alpha value is -2.56. The van der Waals surface area contributed by atoms with Gasteiger partial charge in [0.25, 0.3) is 15.7 Å².